The molecule has 2 nitrogen and oxygen atoms in total. The Kier molecular flexibility index (Phi) is 8.16. The zero-order chi connectivity index (χ0) is 22.3. The average Bonchev–Trinajstić information content (AvgIpc) is 3.12. The number of nitrogens with one attached hydrogen (secondary N) is 1. The molecule has 0 spiro atoms. The van der Waals surface area contributed by atoms with Gasteiger partial charge in [-0.15, -0.1) is 0 Å². The number of carbonyl (C=O) groups is 1. The minimum Gasteiger partial charge on any atom is -0.321 e. The van der Waals surface area contributed by atoms with Crippen molar-refractivity contribution >= 4 is 11.6 Å². The van der Waals surface area contributed by atoms with E-state index in [1.165, 1.54) is 32.1 Å². The Morgan fingerprint density at radius 2 is 1.39 bits per heavy atom. The van der Waals surface area contributed by atoms with Gasteiger partial charge >= 0.3 is 0 Å². The van der Waals surface area contributed by atoms with Crippen LogP contribution in [0, 0.1) is 22.9 Å². The summed E-state index contributed by atoms with van der Waals surface area (Å²) < 4.78 is 41.5. The molecule has 0 bridgehead atoms. The molecule has 2 aromatic rings. The lowest BCUT2D eigenvalue weighted by atomic mass is 9.78. The van der Waals surface area contributed by atoms with E-state index in [4.69, 9.17) is 0 Å². The summed E-state index contributed by atoms with van der Waals surface area (Å²) in [6.45, 7) is 2.20. The maximum Gasteiger partial charge on any atom is 0.231 e. The highest BCUT2D eigenvalue weighted by Gasteiger charge is 2.43. The fourth-order valence-electron chi connectivity index (χ4n) is 4.65. The normalized spacial score (nSPS) is 14.5. The summed E-state index contributed by atoms with van der Waals surface area (Å²) >= 11 is 0. The van der Waals surface area contributed by atoms with Crippen LogP contribution in [-0.2, 0) is 17.6 Å². The quantitative estimate of drug-likeness (QED) is 0.370. The van der Waals surface area contributed by atoms with Crippen molar-refractivity contribution in [3.63, 3.8) is 0 Å². The van der Waals surface area contributed by atoms with Crippen molar-refractivity contribution in [2.24, 2.45) is 5.41 Å². The molecular formula is C26H32F3NO. The number of amides is 1. The molecule has 0 saturated carbocycles. The van der Waals surface area contributed by atoms with Crippen LogP contribution in [0.1, 0.15) is 75.8 Å². The van der Waals surface area contributed by atoms with Gasteiger partial charge < -0.3 is 5.32 Å². The number of unbranched alkanes of at least 4 members (excludes halogenated alkanes) is 7. The Bertz CT molecular complexity index is 848. The minimum absolute atomic E-state index is 0.393. The summed E-state index contributed by atoms with van der Waals surface area (Å²) in [6.07, 6.45) is 11.0. The number of benzene rings is 2. The lowest BCUT2D eigenvalue weighted by Crippen LogP contribution is -2.37. The zero-order valence-corrected chi connectivity index (χ0v) is 18.3. The molecule has 1 amide bonds. The van der Waals surface area contributed by atoms with Gasteiger partial charge in [0.15, 0.2) is 11.6 Å². The Morgan fingerprint density at radius 3 is 1.94 bits per heavy atom. The predicted octanol–water partition coefficient (Wildman–Crippen LogP) is 7.36. The molecule has 1 aliphatic carbocycles. The van der Waals surface area contributed by atoms with Crippen LogP contribution in [-0.4, -0.2) is 5.91 Å². The highest BCUT2D eigenvalue weighted by Crippen LogP contribution is 2.42. The molecule has 3 rings (SSSR count). The van der Waals surface area contributed by atoms with Gasteiger partial charge in [0.1, 0.15) is 11.5 Å². The lowest BCUT2D eigenvalue weighted by molar-refractivity contribution is -0.125. The van der Waals surface area contributed by atoms with E-state index in [1.807, 2.05) is 24.3 Å². The number of hydrogen-bond acceptors (Lipinski definition) is 1. The number of halogens is 3. The molecule has 0 radical (unpaired) electrons. The zero-order valence-electron chi connectivity index (χ0n) is 18.3. The molecule has 1 N–H and O–H groups in total. The van der Waals surface area contributed by atoms with Gasteiger partial charge in [-0.2, -0.15) is 0 Å². The maximum absolute atomic E-state index is 14.1. The van der Waals surface area contributed by atoms with Gasteiger partial charge in [0.05, 0.1) is 5.41 Å². The maximum atomic E-state index is 14.1. The molecule has 1 aliphatic rings. The Balaban J connectivity index is 1.67. The summed E-state index contributed by atoms with van der Waals surface area (Å²) in [7, 11) is 0. The lowest BCUT2D eigenvalue weighted by Gasteiger charge is -2.28. The van der Waals surface area contributed by atoms with Crippen LogP contribution in [0.3, 0.4) is 0 Å². The van der Waals surface area contributed by atoms with Crippen LogP contribution in [0.25, 0.3) is 0 Å². The Hall–Kier alpha value is -2.30. The summed E-state index contributed by atoms with van der Waals surface area (Å²) in [5.41, 5.74) is 0.909. The first-order chi connectivity index (χ1) is 14.9. The number of anilines is 1. The van der Waals surface area contributed by atoms with E-state index < -0.39 is 34.5 Å². The molecule has 0 unspecified atom stereocenters. The first-order valence-electron chi connectivity index (χ1n) is 11.5. The van der Waals surface area contributed by atoms with E-state index >= 15 is 0 Å². The second-order valence-electron chi connectivity index (χ2n) is 8.83. The molecule has 0 aromatic heterocycles. The van der Waals surface area contributed by atoms with Crippen LogP contribution >= 0.6 is 0 Å². The molecule has 0 atom stereocenters. The van der Waals surface area contributed by atoms with Gasteiger partial charge in [0, 0.05) is 12.1 Å². The van der Waals surface area contributed by atoms with Gasteiger partial charge in [-0.25, -0.2) is 13.2 Å². The third kappa shape index (κ3) is 5.90. The van der Waals surface area contributed by atoms with Gasteiger partial charge in [0.2, 0.25) is 5.91 Å². The average molecular weight is 432 g/mol. The van der Waals surface area contributed by atoms with E-state index in [2.05, 4.69) is 12.2 Å². The fraction of sp³-hybridized carbons (Fsp3) is 0.500. The Labute approximate surface area is 183 Å². The summed E-state index contributed by atoms with van der Waals surface area (Å²) in [5, 5.41) is 2.44. The number of fused-ring (bicyclic) bond motifs is 1. The largest absolute Gasteiger partial charge is 0.321 e. The smallest absolute Gasteiger partial charge is 0.231 e. The van der Waals surface area contributed by atoms with Crippen LogP contribution in [0.5, 0.6) is 0 Å². The van der Waals surface area contributed by atoms with E-state index in [9.17, 15) is 18.0 Å². The Morgan fingerprint density at radius 1 is 0.871 bits per heavy atom. The summed E-state index contributed by atoms with van der Waals surface area (Å²) in [4.78, 5) is 13.3. The van der Waals surface area contributed by atoms with Crippen molar-refractivity contribution in [3.8, 4) is 0 Å². The monoisotopic (exact) mass is 431 g/mol. The van der Waals surface area contributed by atoms with Crippen molar-refractivity contribution in [2.45, 2.75) is 77.6 Å². The van der Waals surface area contributed by atoms with E-state index in [-0.39, 0.29) is 0 Å². The van der Waals surface area contributed by atoms with Crippen LogP contribution in [0.15, 0.2) is 36.4 Å². The molecule has 0 saturated heterocycles. The predicted molar refractivity (Wildman–Crippen MR) is 118 cm³/mol. The van der Waals surface area contributed by atoms with E-state index in [0.29, 0.717) is 31.4 Å². The standard InChI is InChI=1S/C26H32F3NO/c1-2-3-4-5-6-7-8-11-14-26(17-19-12-9-10-13-20(19)18-26)25(31)30-24-22(28)15-21(27)16-23(24)29/h9-10,12-13,15-16H,2-8,11,14,17-18H2,1H3,(H,30,31). The topological polar surface area (TPSA) is 29.1 Å². The van der Waals surface area contributed by atoms with Gasteiger partial charge in [-0.1, -0.05) is 82.6 Å². The first kappa shape index (κ1) is 23.4. The van der Waals surface area contributed by atoms with Crippen molar-refractivity contribution in [3.05, 3.63) is 65.0 Å². The highest BCUT2D eigenvalue weighted by atomic mass is 19.1. The van der Waals surface area contributed by atoms with Crippen molar-refractivity contribution in [1.29, 1.82) is 0 Å². The highest BCUT2D eigenvalue weighted by molar-refractivity contribution is 5.96. The third-order valence-corrected chi connectivity index (χ3v) is 6.41. The SMILES string of the molecule is CCCCCCCCCCC1(C(=O)Nc2c(F)cc(F)cc2F)Cc2ccccc2C1. The molecule has 0 heterocycles. The van der Waals surface area contributed by atoms with Crippen LogP contribution < -0.4 is 5.32 Å². The summed E-state index contributed by atoms with van der Waals surface area (Å²) in [6, 6.07) is 9.10. The number of hydrogen-bond donors (Lipinski definition) is 1. The molecule has 31 heavy (non-hydrogen) atoms. The molecule has 5 heteroatoms. The van der Waals surface area contributed by atoms with Crippen molar-refractivity contribution in [2.75, 3.05) is 5.32 Å². The van der Waals surface area contributed by atoms with Crippen molar-refractivity contribution < 1.29 is 18.0 Å². The van der Waals surface area contributed by atoms with Gasteiger partial charge in [-0.3, -0.25) is 4.79 Å². The summed E-state index contributed by atoms with van der Waals surface area (Å²) in [5.74, 6) is -3.59. The van der Waals surface area contributed by atoms with Gasteiger partial charge in [0.25, 0.3) is 0 Å². The molecular weight excluding hydrogens is 399 g/mol. The number of rotatable bonds is 11. The second kappa shape index (κ2) is 10.8. The minimum atomic E-state index is -1.09. The van der Waals surface area contributed by atoms with E-state index in [1.54, 1.807) is 0 Å². The molecule has 0 fully saturated rings. The molecule has 168 valence electrons. The third-order valence-electron chi connectivity index (χ3n) is 6.41. The van der Waals surface area contributed by atoms with Crippen LogP contribution in [0.4, 0.5) is 18.9 Å². The van der Waals surface area contributed by atoms with E-state index in [0.717, 1.165) is 30.4 Å². The number of carbonyl (C=O) groups excluding carboxylic acids is 1. The van der Waals surface area contributed by atoms with Crippen LogP contribution in [0.2, 0.25) is 0 Å². The fourth-order valence-corrected chi connectivity index (χ4v) is 4.65. The van der Waals surface area contributed by atoms with Gasteiger partial charge in [-0.05, 0) is 30.4 Å². The molecule has 2 aromatic carbocycles. The second-order valence-corrected chi connectivity index (χ2v) is 8.83. The molecule has 0 aliphatic heterocycles. The van der Waals surface area contributed by atoms with Crippen molar-refractivity contribution in [1.82, 2.24) is 0 Å². The first-order valence-corrected chi connectivity index (χ1v) is 11.5.